The summed E-state index contributed by atoms with van der Waals surface area (Å²) in [5.74, 6) is -20.6. The summed E-state index contributed by atoms with van der Waals surface area (Å²) >= 11 is 14.7. The number of amides is 6. The van der Waals surface area contributed by atoms with E-state index < -0.39 is 308 Å². The summed E-state index contributed by atoms with van der Waals surface area (Å²) < 4.78 is 57.4. The number of fused-ring (bicyclic) bond motifs is 14. The maximum absolute atomic E-state index is 17.0. The first-order valence-corrected chi connectivity index (χ1v) is 40.3. The van der Waals surface area contributed by atoms with Crippen LogP contribution in [0.1, 0.15) is 108 Å². The van der Waals surface area contributed by atoms with Crippen molar-refractivity contribution >= 4 is 76.2 Å². The molecule has 670 valence electrons. The van der Waals surface area contributed by atoms with Gasteiger partial charge >= 0.3 is 5.97 Å². The number of aliphatic carboxylic acids is 1. The summed E-state index contributed by atoms with van der Waals surface area (Å²) in [6, 6.07) is 10.3. The fraction of sp³-hybridized carbons (Fsp3) is 0.393. The number of carboxylic acids is 1. The normalized spacial score (nSPS) is 29.2. The lowest BCUT2D eigenvalue weighted by atomic mass is 9.85. The molecule has 3 saturated heterocycles. The number of benzene rings is 7. The number of carbonyl (C=O) groups excluding carboxylic acids is 8. The molecule has 6 unspecified atom stereocenters. The average Bonchev–Trinajstić information content (AvgIpc) is 0.765. The van der Waals surface area contributed by atoms with E-state index >= 15 is 24.0 Å². The highest BCUT2D eigenvalue weighted by Crippen LogP contribution is 2.51. The highest BCUT2D eigenvalue weighted by molar-refractivity contribution is 6.32. The van der Waals surface area contributed by atoms with E-state index in [-0.39, 0.29) is 73.2 Å². The van der Waals surface area contributed by atoms with E-state index in [1.807, 2.05) is 0 Å². The molecule has 42 heteroatoms. The molecule has 22 atom stereocenters. The Labute approximate surface area is 723 Å². The number of aliphatic hydroxyl groups is 10. The van der Waals surface area contributed by atoms with Crippen molar-refractivity contribution in [2.24, 2.45) is 5.73 Å². The topological polar surface area (TPSA) is 638 Å². The van der Waals surface area contributed by atoms with Gasteiger partial charge in [-0.25, -0.2) is 0 Å². The van der Waals surface area contributed by atoms with Gasteiger partial charge in [0.15, 0.2) is 40.9 Å². The number of carboxylic acid groups (broad SMARTS) is 1. The Hall–Kier alpha value is -11.6. The van der Waals surface area contributed by atoms with Crippen LogP contribution in [0.3, 0.4) is 0 Å². The number of aliphatic hydroxyl groups excluding tert-OH is 10. The van der Waals surface area contributed by atoms with Crippen molar-refractivity contribution in [2.45, 2.75) is 186 Å². The standard InChI is InChI=1S/C84H87Cl2N7O33/c1-31(97)89-66-72(110)69(107)58(28-94)122-82(66)125-76-35-8-12-53(46(86)19-35)120-57-22-37-21-56(77(57)126-83-67(73(111)70(108)59(29-95)123-83)91-61(104)3-2-4-62(105)106)119-52-11-5-32(13-45(52)85)14-47-50(102)25-43(36-15-39(98)23-41(17-36)118-54-20-34(7-10-49(54)101)64(87)80(116)90-47)79(115)92-65(37)51(103)26-42-33-6-9-48(100)44(18-33)63-38(27-88-81(117)68(76)93-78(42)114)16-40(99)24-55(63)121-84-75(113)74(112)71(109)60(30-96)124-84/h5-13,15-24,42-43,47,58-60,64-76,82-84,94-96,98-101,107-113H,2-4,14,25-30,87H2,1H3,(H,88,117)(H,89,97)(H,90,116)(H,91,104)(H,92,115)(H,93,114)(H,105,106)/t42-,43+,47-,58?,59?,60?,64-,65-,66?,67?,68+,69-,70-,71-,72-,73-,74?,75-,76-,82+,83+,84+/m1/s1. The maximum Gasteiger partial charge on any atom is 0.303 e. The SMILES string of the molecule is CC(=O)NC1[C@H](O[C@@H]2c3ccc(c(Cl)c3)Oc3cc4cc(c3O[C@@H]3OC(CO)[C@@H](O)[C@H](O)C3NC(=O)CCCC(=O)O)Oc3ccc(cc3Cl)C[C@H]3NC(=O)[C@H](N)c5ccc(O)c(c5)Oc5cc(O)cc(c5)[C@H](CC3=O)C(=O)N[C@H]4C(=O)C[C@H]3C(=O)N[C@@H]2C(=O)NCc2cc(O)cc(O[C@H]4OC(CO)[C@@H](O)C(O)[C@H]4O)c2-c2cc3ccc2O)OC(CO)[C@@H](O)[C@@H]1O. The molecule has 40 nitrogen and oxygen atoms in total. The molecule has 0 saturated carbocycles. The zero-order valence-corrected chi connectivity index (χ0v) is 67.6. The van der Waals surface area contributed by atoms with Gasteiger partial charge in [-0.1, -0.05) is 47.5 Å². The first kappa shape index (κ1) is 90.6. The molecule has 126 heavy (non-hydrogen) atoms. The minimum atomic E-state index is -2.34. The largest absolute Gasteiger partial charge is 0.508 e. The third-order valence-corrected chi connectivity index (χ3v) is 23.1. The van der Waals surface area contributed by atoms with Crippen LogP contribution in [0.2, 0.25) is 10.0 Å². The van der Waals surface area contributed by atoms with E-state index in [9.17, 15) is 95.8 Å². The van der Waals surface area contributed by atoms with Crippen LogP contribution in [0.5, 0.6) is 69.0 Å². The minimum absolute atomic E-state index is 0.0538. The van der Waals surface area contributed by atoms with Crippen LogP contribution in [0.25, 0.3) is 11.1 Å². The predicted molar refractivity (Wildman–Crippen MR) is 428 cm³/mol. The van der Waals surface area contributed by atoms with Crippen LogP contribution in [-0.4, -0.2) is 253 Å². The van der Waals surface area contributed by atoms with Gasteiger partial charge in [0, 0.05) is 62.4 Å². The number of phenols is 4. The quantitative estimate of drug-likeness (QED) is 0.0661. The van der Waals surface area contributed by atoms with Gasteiger partial charge in [0.05, 0.1) is 47.7 Å². The lowest BCUT2D eigenvalue weighted by molar-refractivity contribution is -0.284. The molecule has 0 aliphatic carbocycles. The molecule has 9 aliphatic heterocycles. The van der Waals surface area contributed by atoms with E-state index in [2.05, 4.69) is 31.9 Å². The third kappa shape index (κ3) is 19.2. The number of hydrogen-bond donors (Lipinski definition) is 22. The first-order valence-electron chi connectivity index (χ1n) is 39.5. The molecule has 9 aliphatic rings. The number of aromatic hydroxyl groups is 4. The lowest BCUT2D eigenvalue weighted by Crippen LogP contribution is -2.65. The van der Waals surface area contributed by atoms with Crippen molar-refractivity contribution < 1.29 is 162 Å². The summed E-state index contributed by atoms with van der Waals surface area (Å²) in [5.41, 5.74) is 4.71. The number of rotatable bonds is 15. The highest BCUT2D eigenvalue weighted by atomic mass is 35.5. The second-order valence-corrected chi connectivity index (χ2v) is 32.0. The van der Waals surface area contributed by atoms with Gasteiger partial charge < -0.3 is 157 Å². The number of Topliss-reactive ketones (excluding diaryl/α,β-unsaturated/α-hetero) is 2. The second kappa shape index (κ2) is 37.9. The Morgan fingerprint density at radius 3 is 1.76 bits per heavy atom. The van der Waals surface area contributed by atoms with Crippen LogP contribution in [0, 0.1) is 0 Å². The molecule has 3 fully saturated rings. The van der Waals surface area contributed by atoms with Crippen molar-refractivity contribution in [2.75, 3.05) is 19.8 Å². The van der Waals surface area contributed by atoms with Crippen LogP contribution < -0.4 is 61.3 Å². The number of halogens is 2. The number of nitrogens with two attached hydrogens (primary N) is 1. The first-order chi connectivity index (χ1) is 60.0. The molecule has 16 rings (SSSR count). The van der Waals surface area contributed by atoms with Gasteiger partial charge in [0.2, 0.25) is 53.8 Å². The monoisotopic (exact) mass is 1790 g/mol. The van der Waals surface area contributed by atoms with E-state index in [1.54, 1.807) is 0 Å². The van der Waals surface area contributed by atoms with Crippen molar-refractivity contribution in [3.8, 4) is 80.1 Å². The van der Waals surface area contributed by atoms with Crippen molar-refractivity contribution in [1.29, 1.82) is 0 Å². The number of ether oxygens (including phenoxy) is 9. The Morgan fingerprint density at radius 2 is 1.10 bits per heavy atom. The van der Waals surface area contributed by atoms with Crippen molar-refractivity contribution in [3.63, 3.8) is 0 Å². The molecule has 0 spiro atoms. The van der Waals surface area contributed by atoms with Gasteiger partial charge in [0.1, 0.15) is 138 Å². The number of nitrogens with one attached hydrogen (secondary N) is 6. The number of ketones is 2. The smallest absolute Gasteiger partial charge is 0.303 e. The summed E-state index contributed by atoms with van der Waals surface area (Å²) in [6.07, 6.45) is -31.7. The molecule has 23 N–H and O–H groups in total. The van der Waals surface area contributed by atoms with Gasteiger partial charge in [-0.15, -0.1) is 0 Å². The molecule has 6 amide bonds. The Bertz CT molecular complexity index is 5400. The summed E-state index contributed by atoms with van der Waals surface area (Å²) in [5, 5.41) is 183. The summed E-state index contributed by atoms with van der Waals surface area (Å²) in [6.45, 7) is -2.79. The fourth-order valence-electron chi connectivity index (χ4n) is 15.9. The van der Waals surface area contributed by atoms with Gasteiger partial charge in [-0.2, -0.15) is 0 Å². The molecule has 7 aromatic rings. The second-order valence-electron chi connectivity index (χ2n) is 31.2. The number of phenolic OH excluding ortho intramolecular Hbond substituents is 4. The van der Waals surface area contributed by atoms with Gasteiger partial charge in [0.25, 0.3) is 0 Å². The molecule has 9 heterocycles. The molecule has 7 aromatic carbocycles. The predicted octanol–water partition coefficient (Wildman–Crippen LogP) is 0.423. The molecular weight excluding hydrogens is 1710 g/mol. The third-order valence-electron chi connectivity index (χ3n) is 22.5. The molecule has 0 radical (unpaired) electrons. The maximum atomic E-state index is 17.0. The Balaban J connectivity index is 1.03. The molecular formula is C84H87Cl2N7O33. The van der Waals surface area contributed by atoms with Crippen molar-refractivity contribution in [1.82, 2.24) is 31.9 Å². The zero-order chi connectivity index (χ0) is 90.3. The van der Waals surface area contributed by atoms with Crippen LogP contribution in [-0.2, 0) is 75.1 Å². The number of carbonyl (C=O) groups is 9. The van der Waals surface area contributed by atoms with Gasteiger partial charge in [-0.05, 0) is 131 Å². The zero-order valence-electron chi connectivity index (χ0n) is 66.1. The fourth-order valence-corrected chi connectivity index (χ4v) is 16.4. The van der Waals surface area contributed by atoms with E-state index in [0.29, 0.717) is 0 Å². The highest BCUT2D eigenvalue weighted by Gasteiger charge is 2.52. The minimum Gasteiger partial charge on any atom is -0.508 e. The summed E-state index contributed by atoms with van der Waals surface area (Å²) in [7, 11) is 0. The lowest BCUT2D eigenvalue weighted by Gasteiger charge is -2.44. The van der Waals surface area contributed by atoms with Crippen molar-refractivity contribution in [3.05, 3.63) is 164 Å². The summed E-state index contributed by atoms with van der Waals surface area (Å²) in [4.78, 5) is 135. The van der Waals surface area contributed by atoms with E-state index in [1.165, 1.54) is 42.5 Å². The van der Waals surface area contributed by atoms with E-state index in [4.69, 9.17) is 71.6 Å². The van der Waals surface area contributed by atoms with E-state index in [0.717, 1.165) is 79.7 Å². The van der Waals surface area contributed by atoms with Crippen LogP contribution in [0.4, 0.5) is 0 Å². The molecule has 17 bridgehead atoms. The van der Waals surface area contributed by atoms with Gasteiger partial charge in [-0.3, -0.25) is 43.2 Å². The van der Waals surface area contributed by atoms with Crippen LogP contribution >= 0.6 is 23.2 Å². The van der Waals surface area contributed by atoms with Crippen LogP contribution in [0.15, 0.2) is 115 Å². The average molecular weight is 1790 g/mol. The molecule has 0 aromatic heterocycles. The Kier molecular flexibility index (Phi) is 27.2. The Morgan fingerprint density at radius 1 is 0.516 bits per heavy atom. The number of hydrogen-bond acceptors (Lipinski definition) is 33.